The SMILES string of the molecule is CCC(C)Nc1cc(C(=O)N2CCN(CC)CC2)nc(C)n1. The van der Waals surface area contributed by atoms with Crippen molar-refractivity contribution in [2.24, 2.45) is 0 Å². The van der Waals surface area contributed by atoms with Gasteiger partial charge in [-0.1, -0.05) is 13.8 Å². The van der Waals surface area contributed by atoms with E-state index in [0.717, 1.165) is 45.0 Å². The maximum absolute atomic E-state index is 12.6. The van der Waals surface area contributed by atoms with Crippen LogP contribution in [0.15, 0.2) is 6.07 Å². The minimum absolute atomic E-state index is 0.00783. The molecule has 1 fully saturated rings. The summed E-state index contributed by atoms with van der Waals surface area (Å²) in [5.41, 5.74) is 0.489. The molecule has 1 unspecified atom stereocenters. The van der Waals surface area contributed by atoms with E-state index in [9.17, 15) is 4.79 Å². The number of likely N-dealkylation sites (N-methyl/N-ethyl adjacent to an activating group) is 1. The second-order valence-electron chi connectivity index (χ2n) is 5.87. The van der Waals surface area contributed by atoms with Gasteiger partial charge in [-0.15, -0.1) is 0 Å². The van der Waals surface area contributed by atoms with Gasteiger partial charge < -0.3 is 15.1 Å². The minimum Gasteiger partial charge on any atom is -0.368 e. The van der Waals surface area contributed by atoms with E-state index >= 15 is 0 Å². The summed E-state index contributed by atoms with van der Waals surface area (Å²) in [6.07, 6.45) is 1.01. The first kappa shape index (κ1) is 16.7. The van der Waals surface area contributed by atoms with Crippen molar-refractivity contribution in [3.05, 3.63) is 17.6 Å². The van der Waals surface area contributed by atoms with Gasteiger partial charge in [0.2, 0.25) is 0 Å². The number of hydrogen-bond donors (Lipinski definition) is 1. The summed E-state index contributed by atoms with van der Waals surface area (Å²) < 4.78 is 0. The zero-order valence-corrected chi connectivity index (χ0v) is 14.1. The third-order valence-electron chi connectivity index (χ3n) is 4.17. The Hall–Kier alpha value is -1.69. The number of anilines is 1. The molecule has 2 rings (SSSR count). The van der Waals surface area contributed by atoms with E-state index in [-0.39, 0.29) is 5.91 Å². The number of rotatable bonds is 5. The molecule has 1 amide bonds. The maximum atomic E-state index is 12.6. The molecule has 0 aliphatic carbocycles. The molecule has 6 heteroatoms. The number of aromatic nitrogens is 2. The van der Waals surface area contributed by atoms with E-state index < -0.39 is 0 Å². The standard InChI is InChI=1S/C16H27N5O/c1-5-12(3)17-15-11-14(18-13(4)19-15)16(22)21-9-7-20(6-2)8-10-21/h11-12H,5-10H2,1-4H3,(H,17,18,19). The predicted molar refractivity (Wildman–Crippen MR) is 88.2 cm³/mol. The summed E-state index contributed by atoms with van der Waals surface area (Å²) >= 11 is 0. The largest absolute Gasteiger partial charge is 0.368 e. The van der Waals surface area contributed by atoms with Crippen LogP contribution in [-0.2, 0) is 0 Å². The van der Waals surface area contributed by atoms with E-state index in [0.29, 0.717) is 17.6 Å². The molecule has 0 spiro atoms. The first-order valence-electron chi connectivity index (χ1n) is 8.17. The number of carbonyl (C=O) groups excluding carboxylic acids is 1. The Balaban J connectivity index is 2.09. The van der Waals surface area contributed by atoms with Crippen LogP contribution in [-0.4, -0.2) is 64.4 Å². The normalized spacial score (nSPS) is 17.4. The van der Waals surface area contributed by atoms with Gasteiger partial charge in [0.25, 0.3) is 5.91 Å². The minimum atomic E-state index is 0.00783. The van der Waals surface area contributed by atoms with Crippen LogP contribution in [0.1, 0.15) is 43.5 Å². The topological polar surface area (TPSA) is 61.4 Å². The second-order valence-corrected chi connectivity index (χ2v) is 5.87. The van der Waals surface area contributed by atoms with E-state index in [4.69, 9.17) is 0 Å². The molecule has 1 N–H and O–H groups in total. The molecule has 1 aliphatic heterocycles. The fourth-order valence-corrected chi connectivity index (χ4v) is 2.53. The number of nitrogens with zero attached hydrogens (tertiary/aromatic N) is 4. The monoisotopic (exact) mass is 305 g/mol. The van der Waals surface area contributed by atoms with Gasteiger partial charge in [-0.25, -0.2) is 9.97 Å². The highest BCUT2D eigenvalue weighted by molar-refractivity contribution is 5.93. The molecule has 22 heavy (non-hydrogen) atoms. The molecular weight excluding hydrogens is 278 g/mol. The Morgan fingerprint density at radius 2 is 1.95 bits per heavy atom. The van der Waals surface area contributed by atoms with Crippen LogP contribution in [0.2, 0.25) is 0 Å². The summed E-state index contributed by atoms with van der Waals surface area (Å²) in [5, 5.41) is 3.32. The van der Waals surface area contributed by atoms with Crippen molar-refractivity contribution >= 4 is 11.7 Å². The van der Waals surface area contributed by atoms with Gasteiger partial charge in [-0.3, -0.25) is 4.79 Å². The molecule has 6 nitrogen and oxygen atoms in total. The van der Waals surface area contributed by atoms with Crippen molar-refractivity contribution < 1.29 is 4.79 Å². The molecule has 0 bridgehead atoms. The van der Waals surface area contributed by atoms with E-state index in [2.05, 4.69) is 41.0 Å². The molecular formula is C16H27N5O. The lowest BCUT2D eigenvalue weighted by Gasteiger charge is -2.33. The molecule has 1 aromatic heterocycles. The summed E-state index contributed by atoms with van der Waals surface area (Å²) in [6.45, 7) is 12.6. The van der Waals surface area contributed by atoms with Crippen molar-refractivity contribution in [3.63, 3.8) is 0 Å². The van der Waals surface area contributed by atoms with Gasteiger partial charge in [0.15, 0.2) is 0 Å². The van der Waals surface area contributed by atoms with Crippen molar-refractivity contribution in [1.82, 2.24) is 19.8 Å². The molecule has 122 valence electrons. The molecule has 2 heterocycles. The van der Waals surface area contributed by atoms with Crippen molar-refractivity contribution in [1.29, 1.82) is 0 Å². The molecule has 0 saturated carbocycles. The highest BCUT2D eigenvalue weighted by atomic mass is 16.2. The summed E-state index contributed by atoms with van der Waals surface area (Å²) in [4.78, 5) is 25.6. The third-order valence-corrected chi connectivity index (χ3v) is 4.17. The quantitative estimate of drug-likeness (QED) is 0.898. The average Bonchev–Trinajstić information content (AvgIpc) is 2.53. The number of carbonyl (C=O) groups is 1. The van der Waals surface area contributed by atoms with Gasteiger partial charge in [0.1, 0.15) is 17.3 Å². The summed E-state index contributed by atoms with van der Waals surface area (Å²) in [6, 6.07) is 2.10. The molecule has 0 aromatic carbocycles. The van der Waals surface area contributed by atoms with E-state index in [1.807, 2.05) is 11.8 Å². The Morgan fingerprint density at radius 3 is 2.55 bits per heavy atom. The average molecular weight is 305 g/mol. The van der Waals surface area contributed by atoms with Crippen LogP contribution >= 0.6 is 0 Å². The lowest BCUT2D eigenvalue weighted by Crippen LogP contribution is -2.48. The van der Waals surface area contributed by atoms with Gasteiger partial charge in [0, 0.05) is 38.3 Å². The first-order valence-corrected chi connectivity index (χ1v) is 8.17. The van der Waals surface area contributed by atoms with Crippen LogP contribution in [0.4, 0.5) is 5.82 Å². The molecule has 1 aromatic rings. The Labute approximate surface area is 132 Å². The lowest BCUT2D eigenvalue weighted by atomic mass is 10.2. The second kappa shape index (κ2) is 7.54. The predicted octanol–water partition coefficient (Wildman–Crippen LogP) is 1.77. The zero-order valence-electron chi connectivity index (χ0n) is 14.1. The third kappa shape index (κ3) is 4.16. The van der Waals surface area contributed by atoms with Crippen LogP contribution in [0.25, 0.3) is 0 Å². The first-order chi connectivity index (χ1) is 10.5. The number of nitrogens with one attached hydrogen (secondary N) is 1. The number of aryl methyl sites for hydroxylation is 1. The highest BCUT2D eigenvalue weighted by Gasteiger charge is 2.23. The van der Waals surface area contributed by atoms with Crippen molar-refractivity contribution in [3.8, 4) is 0 Å². The van der Waals surface area contributed by atoms with Crippen LogP contribution in [0.5, 0.6) is 0 Å². The van der Waals surface area contributed by atoms with Gasteiger partial charge in [0.05, 0.1) is 0 Å². The number of hydrogen-bond acceptors (Lipinski definition) is 5. The van der Waals surface area contributed by atoms with Crippen LogP contribution in [0, 0.1) is 6.92 Å². The fourth-order valence-electron chi connectivity index (χ4n) is 2.53. The molecule has 1 aliphatic rings. The fraction of sp³-hybridized carbons (Fsp3) is 0.688. The lowest BCUT2D eigenvalue weighted by molar-refractivity contribution is 0.0637. The molecule has 0 radical (unpaired) electrons. The van der Waals surface area contributed by atoms with Crippen LogP contribution in [0.3, 0.4) is 0 Å². The van der Waals surface area contributed by atoms with Crippen LogP contribution < -0.4 is 5.32 Å². The smallest absolute Gasteiger partial charge is 0.272 e. The Bertz CT molecular complexity index is 511. The van der Waals surface area contributed by atoms with Crippen molar-refractivity contribution in [2.45, 2.75) is 40.2 Å². The van der Waals surface area contributed by atoms with Gasteiger partial charge >= 0.3 is 0 Å². The van der Waals surface area contributed by atoms with E-state index in [1.165, 1.54) is 0 Å². The number of piperazine rings is 1. The van der Waals surface area contributed by atoms with Gasteiger partial charge in [-0.2, -0.15) is 0 Å². The summed E-state index contributed by atoms with van der Waals surface area (Å²) in [7, 11) is 0. The maximum Gasteiger partial charge on any atom is 0.272 e. The summed E-state index contributed by atoms with van der Waals surface area (Å²) in [5.74, 6) is 1.37. The molecule has 1 atom stereocenters. The zero-order chi connectivity index (χ0) is 16.1. The van der Waals surface area contributed by atoms with Gasteiger partial charge in [-0.05, 0) is 26.8 Å². The molecule has 1 saturated heterocycles. The number of amides is 1. The highest BCUT2D eigenvalue weighted by Crippen LogP contribution is 2.13. The van der Waals surface area contributed by atoms with E-state index in [1.54, 1.807) is 6.07 Å². The Kier molecular flexibility index (Phi) is 5.71. The Morgan fingerprint density at radius 1 is 1.27 bits per heavy atom. The van der Waals surface area contributed by atoms with Crippen molar-refractivity contribution in [2.75, 3.05) is 38.0 Å².